The third kappa shape index (κ3) is 4.10. The topological polar surface area (TPSA) is 32.7 Å². The number of para-hydroxylation sites is 3. The number of hydrogen-bond acceptors (Lipinski definition) is 4. The summed E-state index contributed by atoms with van der Waals surface area (Å²) in [5.41, 5.74) is 7.11. The van der Waals surface area contributed by atoms with Crippen molar-refractivity contribution in [1.82, 2.24) is 9.88 Å². The summed E-state index contributed by atoms with van der Waals surface area (Å²) in [4.78, 5) is 4.66. The molecular weight excluding hydrogens is 492 g/mol. The lowest BCUT2D eigenvalue weighted by Gasteiger charge is -2.25. The van der Waals surface area contributed by atoms with Crippen LogP contribution in [-0.4, -0.2) is 24.8 Å². The van der Waals surface area contributed by atoms with E-state index in [0.717, 1.165) is 41.7 Å². The minimum atomic E-state index is -0.0255. The Morgan fingerprint density at radius 2 is 1.55 bits per heavy atom. The number of aromatic nitrogens is 1. The molecule has 0 bridgehead atoms. The van der Waals surface area contributed by atoms with E-state index >= 15 is 0 Å². The molecule has 2 aliphatic rings. The fourth-order valence-electron chi connectivity index (χ4n) is 5.84. The number of rotatable bonds is 4. The van der Waals surface area contributed by atoms with Crippen LogP contribution in [-0.2, 0) is 5.41 Å². The van der Waals surface area contributed by atoms with E-state index in [-0.39, 0.29) is 5.41 Å². The molecule has 0 saturated heterocycles. The normalized spacial score (nSPS) is 14.9. The van der Waals surface area contributed by atoms with Gasteiger partial charge in [-0.25, -0.2) is 0 Å². The maximum absolute atomic E-state index is 6.67. The van der Waals surface area contributed by atoms with Gasteiger partial charge in [-0.15, -0.1) is 0 Å². The molecule has 0 aliphatic carbocycles. The molecule has 0 fully saturated rings. The Bertz CT molecular complexity index is 1820. The second kappa shape index (κ2) is 9.23. The SMILES string of the molecule is CN1CN(c2cc(Oc3ccc4c5ccccc5n(C5=CC=CCN5)c4c3)cc(C(C)(C)C)c2)c2ccccc21. The van der Waals surface area contributed by atoms with E-state index in [4.69, 9.17) is 4.74 Å². The third-order valence-electron chi connectivity index (χ3n) is 7.92. The summed E-state index contributed by atoms with van der Waals surface area (Å²) in [5.74, 6) is 2.73. The number of nitrogens with zero attached hydrogens (tertiary/aromatic N) is 3. The Hall–Kier alpha value is -4.64. The van der Waals surface area contributed by atoms with Gasteiger partial charge in [0.25, 0.3) is 0 Å². The fraction of sp³-hybridized carbons (Fsp3) is 0.200. The van der Waals surface area contributed by atoms with E-state index in [9.17, 15) is 0 Å². The highest BCUT2D eigenvalue weighted by Crippen LogP contribution is 2.43. The number of fused-ring (bicyclic) bond motifs is 4. The van der Waals surface area contributed by atoms with Gasteiger partial charge in [-0.05, 0) is 59.5 Å². The smallest absolute Gasteiger partial charge is 0.129 e. The molecule has 40 heavy (non-hydrogen) atoms. The van der Waals surface area contributed by atoms with Crippen LogP contribution in [0.4, 0.5) is 17.1 Å². The van der Waals surface area contributed by atoms with Gasteiger partial charge >= 0.3 is 0 Å². The first-order valence-corrected chi connectivity index (χ1v) is 13.9. The summed E-state index contributed by atoms with van der Waals surface area (Å²) in [6.07, 6.45) is 6.37. The molecule has 0 saturated carbocycles. The van der Waals surface area contributed by atoms with Crippen molar-refractivity contribution in [3.05, 3.63) is 109 Å². The molecule has 7 rings (SSSR count). The van der Waals surface area contributed by atoms with Crippen LogP contribution in [0.2, 0.25) is 0 Å². The van der Waals surface area contributed by atoms with E-state index < -0.39 is 0 Å². The van der Waals surface area contributed by atoms with Gasteiger partial charge in [0.05, 0.1) is 29.1 Å². The minimum Gasteiger partial charge on any atom is -0.457 e. The van der Waals surface area contributed by atoms with Crippen LogP contribution in [0.15, 0.2) is 103 Å². The molecule has 0 spiro atoms. The number of anilines is 3. The maximum atomic E-state index is 6.67. The Morgan fingerprint density at radius 1 is 0.775 bits per heavy atom. The highest BCUT2D eigenvalue weighted by atomic mass is 16.5. The number of ether oxygens (including phenoxy) is 1. The van der Waals surface area contributed by atoms with Crippen LogP contribution in [0.1, 0.15) is 26.3 Å². The van der Waals surface area contributed by atoms with Crippen molar-refractivity contribution in [2.75, 3.05) is 30.1 Å². The van der Waals surface area contributed by atoms with Crippen molar-refractivity contribution in [2.45, 2.75) is 26.2 Å². The quantitative estimate of drug-likeness (QED) is 0.255. The first kappa shape index (κ1) is 24.4. The van der Waals surface area contributed by atoms with Crippen molar-refractivity contribution in [3.63, 3.8) is 0 Å². The average molecular weight is 527 g/mol. The van der Waals surface area contributed by atoms with Crippen molar-refractivity contribution >= 4 is 44.7 Å². The fourth-order valence-corrected chi connectivity index (χ4v) is 5.84. The Balaban J connectivity index is 1.33. The molecule has 1 aromatic heterocycles. The predicted molar refractivity (Wildman–Crippen MR) is 168 cm³/mol. The van der Waals surface area contributed by atoms with Gasteiger partial charge in [-0.3, -0.25) is 4.57 Å². The molecule has 1 N–H and O–H groups in total. The van der Waals surface area contributed by atoms with Crippen molar-refractivity contribution < 1.29 is 4.74 Å². The molecular formula is C35H34N4O. The molecule has 3 heterocycles. The Morgan fingerprint density at radius 3 is 2.35 bits per heavy atom. The molecule has 4 aromatic carbocycles. The Kier molecular flexibility index (Phi) is 5.63. The van der Waals surface area contributed by atoms with Crippen molar-refractivity contribution in [2.24, 2.45) is 0 Å². The highest BCUT2D eigenvalue weighted by molar-refractivity contribution is 6.10. The van der Waals surface area contributed by atoms with E-state index in [1.54, 1.807) is 0 Å². The van der Waals surface area contributed by atoms with Crippen LogP contribution in [0.3, 0.4) is 0 Å². The summed E-state index contributed by atoms with van der Waals surface area (Å²) in [6, 6.07) is 30.3. The van der Waals surface area contributed by atoms with Gasteiger partial charge < -0.3 is 19.9 Å². The molecule has 5 heteroatoms. The maximum Gasteiger partial charge on any atom is 0.129 e. The van der Waals surface area contributed by atoms with Gasteiger partial charge in [0.15, 0.2) is 0 Å². The van der Waals surface area contributed by atoms with Gasteiger partial charge in [0.1, 0.15) is 17.3 Å². The van der Waals surface area contributed by atoms with Crippen molar-refractivity contribution in [3.8, 4) is 11.5 Å². The molecule has 200 valence electrons. The predicted octanol–water partition coefficient (Wildman–Crippen LogP) is 8.39. The number of dihydropyridines is 1. The van der Waals surface area contributed by atoms with Gasteiger partial charge in [0.2, 0.25) is 0 Å². The van der Waals surface area contributed by atoms with E-state index in [2.05, 4.69) is 151 Å². The van der Waals surface area contributed by atoms with Crippen LogP contribution in [0.5, 0.6) is 11.5 Å². The standard InChI is InChI=1S/C35H34N4O/c1-35(2,3)24-19-25(38-23-37(4)31-13-7-8-14-32(31)38)21-27(20-24)40-26-16-17-29-28-11-5-6-12-30(28)39(33(29)22-26)34-15-9-10-18-36-34/h5-17,19-22,36H,18,23H2,1-4H3. The summed E-state index contributed by atoms with van der Waals surface area (Å²) in [6.45, 7) is 8.37. The monoisotopic (exact) mass is 526 g/mol. The first-order valence-electron chi connectivity index (χ1n) is 13.9. The van der Waals surface area contributed by atoms with Crippen molar-refractivity contribution in [1.29, 1.82) is 0 Å². The summed E-state index contributed by atoms with van der Waals surface area (Å²) in [7, 11) is 2.14. The first-order chi connectivity index (χ1) is 19.4. The number of benzene rings is 4. The lowest BCUT2D eigenvalue weighted by molar-refractivity contribution is 0.479. The summed E-state index contributed by atoms with van der Waals surface area (Å²) in [5, 5.41) is 5.98. The summed E-state index contributed by atoms with van der Waals surface area (Å²) < 4.78 is 8.97. The molecule has 0 radical (unpaired) electrons. The Labute approximate surface area is 235 Å². The second-order valence-corrected chi connectivity index (χ2v) is 11.7. The highest BCUT2D eigenvalue weighted by Gasteiger charge is 2.26. The van der Waals surface area contributed by atoms with Crippen LogP contribution >= 0.6 is 0 Å². The average Bonchev–Trinajstić information content (AvgIpc) is 3.47. The molecule has 0 amide bonds. The molecule has 5 nitrogen and oxygen atoms in total. The van der Waals surface area contributed by atoms with E-state index in [1.807, 2.05) is 0 Å². The molecule has 0 atom stereocenters. The largest absolute Gasteiger partial charge is 0.457 e. The number of hydrogen-bond donors (Lipinski definition) is 1. The zero-order chi connectivity index (χ0) is 27.4. The number of nitrogens with one attached hydrogen (secondary N) is 1. The number of allylic oxidation sites excluding steroid dienone is 2. The van der Waals surface area contributed by atoms with E-state index in [1.165, 1.54) is 33.2 Å². The lowest BCUT2D eigenvalue weighted by Crippen LogP contribution is -2.24. The minimum absolute atomic E-state index is 0.0255. The van der Waals surface area contributed by atoms with Crippen LogP contribution in [0, 0.1) is 0 Å². The van der Waals surface area contributed by atoms with Crippen LogP contribution in [0.25, 0.3) is 27.6 Å². The van der Waals surface area contributed by atoms with Gasteiger partial charge in [-0.1, -0.05) is 63.3 Å². The zero-order valence-corrected chi connectivity index (χ0v) is 23.5. The van der Waals surface area contributed by atoms with Gasteiger partial charge in [0, 0.05) is 42.2 Å². The van der Waals surface area contributed by atoms with E-state index in [0.29, 0.717) is 0 Å². The zero-order valence-electron chi connectivity index (χ0n) is 23.5. The molecule has 0 unspecified atom stereocenters. The van der Waals surface area contributed by atoms with Crippen LogP contribution < -0.4 is 19.9 Å². The van der Waals surface area contributed by atoms with Gasteiger partial charge in [-0.2, -0.15) is 0 Å². The third-order valence-corrected chi connectivity index (χ3v) is 7.92. The molecule has 5 aromatic rings. The lowest BCUT2D eigenvalue weighted by atomic mass is 9.86. The second-order valence-electron chi connectivity index (χ2n) is 11.7. The summed E-state index contributed by atoms with van der Waals surface area (Å²) >= 11 is 0. The molecule has 2 aliphatic heterocycles.